The first-order valence-electron chi connectivity index (χ1n) is 9.67. The molecule has 1 saturated carbocycles. The number of piperidine rings is 1. The van der Waals surface area contributed by atoms with Gasteiger partial charge in [0.1, 0.15) is 5.82 Å². The zero-order chi connectivity index (χ0) is 19.1. The van der Waals surface area contributed by atoms with Crippen LogP contribution in [0.4, 0.5) is 5.82 Å². The smallest absolute Gasteiger partial charge is 0.276 e. The predicted molar refractivity (Wildman–Crippen MR) is 104 cm³/mol. The van der Waals surface area contributed by atoms with Crippen LogP contribution in [0.5, 0.6) is 5.88 Å². The number of hydrogen-bond acceptors (Lipinski definition) is 6. The molecule has 1 aromatic rings. The zero-order valence-electron chi connectivity index (χ0n) is 15.9. The van der Waals surface area contributed by atoms with Crippen molar-refractivity contribution in [3.63, 3.8) is 0 Å². The number of pyridine rings is 1. The van der Waals surface area contributed by atoms with Crippen molar-refractivity contribution in [3.8, 4) is 5.88 Å². The summed E-state index contributed by atoms with van der Waals surface area (Å²) >= 11 is 0. The third-order valence-electron chi connectivity index (χ3n) is 6.41. The standard InChI is InChI=1S/C18H29N5O3S/c1-21-9-11-22(12-10-21)16-3-2-4-17(20-16)26-14-15-13-18(15)5-7-23(8-6-18)27(19,24)25/h2-4,15H,5-14H2,1H3,(H2,19,24,25)/t15-/m0/s1. The molecule has 0 amide bonds. The molecule has 3 heterocycles. The van der Waals surface area contributed by atoms with Gasteiger partial charge in [0.2, 0.25) is 5.88 Å². The Kier molecular flexibility index (Phi) is 5.04. The maximum absolute atomic E-state index is 11.5. The molecule has 1 spiro atoms. The molecule has 8 nitrogen and oxygen atoms in total. The van der Waals surface area contributed by atoms with E-state index in [1.54, 1.807) is 0 Å². The Morgan fingerprint density at radius 2 is 1.89 bits per heavy atom. The van der Waals surface area contributed by atoms with Gasteiger partial charge in [0.15, 0.2) is 0 Å². The number of ether oxygens (including phenoxy) is 1. The van der Waals surface area contributed by atoms with Crippen molar-refractivity contribution in [2.24, 2.45) is 16.5 Å². The van der Waals surface area contributed by atoms with Crippen molar-refractivity contribution < 1.29 is 13.2 Å². The highest BCUT2D eigenvalue weighted by molar-refractivity contribution is 7.86. The number of aromatic nitrogens is 1. The second-order valence-electron chi connectivity index (χ2n) is 8.14. The number of anilines is 1. The maximum Gasteiger partial charge on any atom is 0.276 e. The van der Waals surface area contributed by atoms with Crippen LogP contribution >= 0.6 is 0 Å². The highest BCUT2D eigenvalue weighted by Crippen LogP contribution is 2.59. The molecular weight excluding hydrogens is 366 g/mol. The minimum atomic E-state index is -3.56. The van der Waals surface area contributed by atoms with Crippen LogP contribution in [-0.4, -0.2) is 75.5 Å². The second-order valence-corrected chi connectivity index (χ2v) is 9.69. The lowest BCUT2D eigenvalue weighted by Gasteiger charge is -2.33. The van der Waals surface area contributed by atoms with Gasteiger partial charge in [0.25, 0.3) is 10.2 Å². The van der Waals surface area contributed by atoms with Crippen LogP contribution in [0, 0.1) is 11.3 Å². The van der Waals surface area contributed by atoms with Crippen molar-refractivity contribution in [2.75, 3.05) is 57.8 Å². The fourth-order valence-electron chi connectivity index (χ4n) is 4.35. The summed E-state index contributed by atoms with van der Waals surface area (Å²) in [7, 11) is -1.41. The fourth-order valence-corrected chi connectivity index (χ4v) is 5.04. The molecular formula is C18H29N5O3S. The lowest BCUT2D eigenvalue weighted by atomic mass is 9.92. The maximum atomic E-state index is 11.5. The first-order valence-corrected chi connectivity index (χ1v) is 11.2. The molecule has 150 valence electrons. The van der Waals surface area contributed by atoms with Crippen molar-refractivity contribution in [1.29, 1.82) is 0 Å². The van der Waals surface area contributed by atoms with Gasteiger partial charge in [0.05, 0.1) is 6.61 Å². The number of likely N-dealkylation sites (N-methyl/N-ethyl adjacent to an activating group) is 1. The molecule has 2 N–H and O–H groups in total. The normalized spacial score (nSPS) is 26.3. The Balaban J connectivity index is 1.29. The zero-order valence-corrected chi connectivity index (χ0v) is 16.7. The Labute approximate surface area is 161 Å². The molecule has 3 fully saturated rings. The lowest BCUT2D eigenvalue weighted by molar-refractivity contribution is 0.205. The summed E-state index contributed by atoms with van der Waals surface area (Å²) in [6.07, 6.45) is 2.84. The molecule has 4 rings (SSSR count). The first kappa shape index (κ1) is 18.9. The van der Waals surface area contributed by atoms with Crippen molar-refractivity contribution in [2.45, 2.75) is 19.3 Å². The molecule has 0 unspecified atom stereocenters. The van der Waals surface area contributed by atoms with Crippen LogP contribution in [0.25, 0.3) is 0 Å². The minimum absolute atomic E-state index is 0.232. The number of hydrogen-bond donors (Lipinski definition) is 1. The fraction of sp³-hybridized carbons (Fsp3) is 0.722. The van der Waals surface area contributed by atoms with Crippen LogP contribution in [-0.2, 0) is 10.2 Å². The molecule has 1 aromatic heterocycles. The van der Waals surface area contributed by atoms with Crippen LogP contribution in [0.3, 0.4) is 0 Å². The molecule has 0 aromatic carbocycles. The van der Waals surface area contributed by atoms with Crippen LogP contribution in [0.15, 0.2) is 18.2 Å². The van der Waals surface area contributed by atoms with E-state index in [0.29, 0.717) is 31.5 Å². The summed E-state index contributed by atoms with van der Waals surface area (Å²) in [5, 5.41) is 5.23. The lowest BCUT2D eigenvalue weighted by Crippen LogP contribution is -2.44. The van der Waals surface area contributed by atoms with E-state index in [4.69, 9.17) is 9.88 Å². The summed E-state index contributed by atoms with van der Waals surface area (Å²) in [5.74, 6) is 2.14. The van der Waals surface area contributed by atoms with E-state index in [1.807, 2.05) is 18.2 Å². The van der Waals surface area contributed by atoms with Gasteiger partial charge in [-0.2, -0.15) is 17.7 Å². The van der Waals surface area contributed by atoms with Gasteiger partial charge in [-0.15, -0.1) is 0 Å². The van der Waals surface area contributed by atoms with Crippen molar-refractivity contribution in [3.05, 3.63) is 18.2 Å². The highest BCUT2D eigenvalue weighted by atomic mass is 32.2. The Morgan fingerprint density at radius 1 is 1.19 bits per heavy atom. The van der Waals surface area contributed by atoms with Crippen LogP contribution < -0.4 is 14.8 Å². The number of nitrogens with zero attached hydrogens (tertiary/aromatic N) is 4. The highest BCUT2D eigenvalue weighted by Gasteiger charge is 2.55. The summed E-state index contributed by atoms with van der Waals surface area (Å²) < 4.78 is 30.3. The second kappa shape index (κ2) is 7.20. The molecule has 1 aliphatic carbocycles. The molecule has 1 atom stereocenters. The number of nitrogens with two attached hydrogens (primary N) is 1. The largest absolute Gasteiger partial charge is 0.477 e. The SMILES string of the molecule is CN1CCN(c2cccc(OC[C@@H]3CC34CCN(S(N)(=O)=O)CC4)n2)CC1. The Bertz CT molecular complexity index is 771. The average Bonchev–Trinajstić information content (AvgIpc) is 3.32. The molecule has 0 bridgehead atoms. The summed E-state index contributed by atoms with van der Waals surface area (Å²) in [5.41, 5.74) is 0.232. The molecule has 2 aliphatic heterocycles. The van der Waals surface area contributed by atoms with E-state index >= 15 is 0 Å². The molecule has 3 aliphatic rings. The van der Waals surface area contributed by atoms with Gasteiger partial charge in [-0.05, 0) is 43.7 Å². The van der Waals surface area contributed by atoms with Crippen LogP contribution in [0.2, 0.25) is 0 Å². The van der Waals surface area contributed by atoms with E-state index in [1.165, 1.54) is 4.31 Å². The quantitative estimate of drug-likeness (QED) is 0.781. The van der Waals surface area contributed by atoms with Gasteiger partial charge in [-0.3, -0.25) is 0 Å². The topological polar surface area (TPSA) is 92.0 Å². The Morgan fingerprint density at radius 3 is 2.56 bits per heavy atom. The van der Waals surface area contributed by atoms with E-state index in [0.717, 1.165) is 51.3 Å². The van der Waals surface area contributed by atoms with Gasteiger partial charge >= 0.3 is 0 Å². The van der Waals surface area contributed by atoms with E-state index in [2.05, 4.69) is 21.8 Å². The average molecular weight is 396 g/mol. The van der Waals surface area contributed by atoms with Gasteiger partial charge in [-0.1, -0.05) is 6.07 Å². The predicted octanol–water partition coefficient (Wildman–Crippen LogP) is 0.518. The molecule has 0 radical (unpaired) electrons. The summed E-state index contributed by atoms with van der Waals surface area (Å²) in [4.78, 5) is 9.30. The number of piperazine rings is 1. The molecule has 27 heavy (non-hydrogen) atoms. The summed E-state index contributed by atoms with van der Waals surface area (Å²) in [6.45, 7) is 5.76. The minimum Gasteiger partial charge on any atom is -0.477 e. The van der Waals surface area contributed by atoms with E-state index in [9.17, 15) is 8.42 Å². The third-order valence-corrected chi connectivity index (χ3v) is 7.49. The van der Waals surface area contributed by atoms with Gasteiger partial charge < -0.3 is 14.5 Å². The molecule has 9 heteroatoms. The van der Waals surface area contributed by atoms with E-state index < -0.39 is 10.2 Å². The number of rotatable bonds is 5. The Hall–Kier alpha value is -1.42. The third kappa shape index (κ3) is 4.21. The van der Waals surface area contributed by atoms with Gasteiger partial charge in [0, 0.05) is 45.3 Å². The molecule has 2 saturated heterocycles. The summed E-state index contributed by atoms with van der Waals surface area (Å²) in [6, 6.07) is 5.96. The van der Waals surface area contributed by atoms with Crippen molar-refractivity contribution in [1.82, 2.24) is 14.2 Å². The monoisotopic (exact) mass is 395 g/mol. The first-order chi connectivity index (χ1) is 12.9. The van der Waals surface area contributed by atoms with Crippen molar-refractivity contribution >= 4 is 16.0 Å². The van der Waals surface area contributed by atoms with E-state index in [-0.39, 0.29) is 5.41 Å². The van der Waals surface area contributed by atoms with Gasteiger partial charge in [-0.25, -0.2) is 5.14 Å². The van der Waals surface area contributed by atoms with Crippen LogP contribution in [0.1, 0.15) is 19.3 Å².